The van der Waals surface area contributed by atoms with Crippen molar-refractivity contribution in [2.75, 3.05) is 0 Å². The van der Waals surface area contributed by atoms with E-state index < -0.39 is 0 Å². The van der Waals surface area contributed by atoms with Gasteiger partial charge in [0.25, 0.3) is 0 Å². The number of aliphatic hydroxyl groups is 1. The van der Waals surface area contributed by atoms with E-state index in [-0.39, 0.29) is 39.2 Å². The number of carbonyl (C=O) groups is 1. The molecule has 0 aliphatic heterocycles. The minimum Gasteiger partial charge on any atom is -0.393 e. The maximum Gasteiger partial charge on any atom is 0.227 e. The molecule has 5 aliphatic carbocycles. The van der Waals surface area contributed by atoms with Gasteiger partial charge >= 0.3 is 0 Å². The molecule has 2 N–H and O–H groups in total. The van der Waals surface area contributed by atoms with Crippen LogP contribution in [0, 0.1) is 56.7 Å². The Kier molecular flexibility index (Phi) is 6.97. The first kappa shape index (κ1) is 29.5. The highest BCUT2D eigenvalue weighted by molar-refractivity contribution is 5.84. The lowest BCUT2D eigenvalue weighted by atomic mass is 9.33. The lowest BCUT2D eigenvalue weighted by Crippen LogP contribution is -2.66. The molecular formula is C38H57NO2. The van der Waals surface area contributed by atoms with Crippen molar-refractivity contribution in [3.05, 3.63) is 47.5 Å². The highest BCUT2D eigenvalue weighted by atomic mass is 16.3. The number of nitrogens with one attached hydrogen (secondary N) is 1. The van der Waals surface area contributed by atoms with E-state index in [1.807, 2.05) is 6.07 Å². The SMILES string of the molecule is C[C@H]1[C@H](C)CC[C@]2(C(=O)N[C@@H](C)c3ccccc3)CC[C@]3(C)C(=CC[C@@H]4[C@@]5(C)CC[C@H](O)C(C)(C)[C@@H]5CC[C@]43C)[C@H]12. The average Bonchev–Trinajstić information content (AvgIpc) is 2.93. The van der Waals surface area contributed by atoms with Gasteiger partial charge in [-0.25, -0.2) is 0 Å². The van der Waals surface area contributed by atoms with Crippen LogP contribution in [0.4, 0.5) is 0 Å². The summed E-state index contributed by atoms with van der Waals surface area (Å²) in [5, 5.41) is 14.6. The molecule has 4 saturated carbocycles. The predicted octanol–water partition coefficient (Wildman–Crippen LogP) is 8.88. The Morgan fingerprint density at radius 3 is 2.32 bits per heavy atom. The van der Waals surface area contributed by atoms with Crippen molar-refractivity contribution < 1.29 is 9.90 Å². The molecule has 0 saturated heterocycles. The summed E-state index contributed by atoms with van der Waals surface area (Å²) < 4.78 is 0. The van der Waals surface area contributed by atoms with Gasteiger partial charge in [0.1, 0.15) is 0 Å². The molecule has 1 aromatic rings. The van der Waals surface area contributed by atoms with Crippen LogP contribution in [0.5, 0.6) is 0 Å². The maximum absolute atomic E-state index is 14.5. The molecule has 0 unspecified atom stereocenters. The van der Waals surface area contributed by atoms with Crippen LogP contribution in [-0.4, -0.2) is 17.1 Å². The number of hydrogen-bond acceptors (Lipinski definition) is 2. The molecule has 3 heteroatoms. The number of carbonyl (C=O) groups excluding carboxylic acids is 1. The number of fused-ring (bicyclic) bond motifs is 7. The number of allylic oxidation sites excluding steroid dienone is 2. The lowest BCUT2D eigenvalue weighted by molar-refractivity contribution is -0.204. The minimum absolute atomic E-state index is 0.0177. The van der Waals surface area contributed by atoms with Crippen LogP contribution in [0.2, 0.25) is 0 Å². The van der Waals surface area contributed by atoms with Crippen LogP contribution < -0.4 is 5.32 Å². The standard InChI is InChI=1S/C38H57NO2/c1-24-16-21-38(33(41)39-26(3)27-12-10-9-11-13-27)23-22-36(7)28(32(38)25(24)2)14-15-30-35(6)19-18-31(40)34(4,5)29(35)17-20-37(30,36)8/h9-14,24-26,29-32,40H,15-23H2,1-8H3,(H,39,41)/t24-,25+,26+,29+,30-,31+,32+,35+,36-,37-,38+/m1/s1. The van der Waals surface area contributed by atoms with Gasteiger partial charge in [0.05, 0.1) is 17.6 Å². The van der Waals surface area contributed by atoms with Crippen LogP contribution in [0.3, 0.4) is 0 Å². The van der Waals surface area contributed by atoms with Gasteiger partial charge in [-0.15, -0.1) is 0 Å². The van der Waals surface area contributed by atoms with Gasteiger partial charge in [-0.05, 0) is 122 Å². The summed E-state index contributed by atoms with van der Waals surface area (Å²) in [5.74, 6) is 2.95. The second-order valence-electron chi connectivity index (χ2n) is 16.8. The molecule has 0 heterocycles. The molecule has 1 amide bonds. The van der Waals surface area contributed by atoms with Crippen molar-refractivity contribution in [3.63, 3.8) is 0 Å². The monoisotopic (exact) mass is 559 g/mol. The molecule has 41 heavy (non-hydrogen) atoms. The highest BCUT2D eigenvalue weighted by Crippen LogP contribution is 2.75. The molecule has 6 rings (SSSR count). The summed E-state index contributed by atoms with van der Waals surface area (Å²) in [6.07, 6.45) is 12.4. The fourth-order valence-electron chi connectivity index (χ4n) is 12.0. The Morgan fingerprint density at radius 2 is 1.61 bits per heavy atom. The van der Waals surface area contributed by atoms with Crippen molar-refractivity contribution >= 4 is 5.91 Å². The molecule has 0 bridgehead atoms. The minimum atomic E-state index is -0.304. The Hall–Kier alpha value is -1.61. The molecule has 226 valence electrons. The summed E-state index contributed by atoms with van der Waals surface area (Å²) >= 11 is 0. The fourth-order valence-corrected chi connectivity index (χ4v) is 12.0. The summed E-state index contributed by atoms with van der Waals surface area (Å²) in [4.78, 5) is 14.5. The maximum atomic E-state index is 14.5. The molecular weight excluding hydrogens is 502 g/mol. The van der Waals surface area contributed by atoms with Crippen LogP contribution >= 0.6 is 0 Å². The summed E-state index contributed by atoms with van der Waals surface area (Å²) in [5.41, 5.74) is 3.09. The van der Waals surface area contributed by atoms with Crippen molar-refractivity contribution in [2.45, 2.75) is 125 Å². The first-order valence-electron chi connectivity index (χ1n) is 17.0. The number of benzene rings is 1. The van der Waals surface area contributed by atoms with Gasteiger partial charge in [0.2, 0.25) is 5.91 Å². The molecule has 5 aliphatic rings. The van der Waals surface area contributed by atoms with E-state index in [2.05, 4.69) is 91.0 Å². The largest absolute Gasteiger partial charge is 0.393 e. The Labute approximate surface area is 250 Å². The van der Waals surface area contributed by atoms with Crippen molar-refractivity contribution in [3.8, 4) is 0 Å². The van der Waals surface area contributed by atoms with Gasteiger partial charge in [-0.2, -0.15) is 0 Å². The third kappa shape index (κ3) is 3.95. The highest BCUT2D eigenvalue weighted by Gasteiger charge is 2.69. The van der Waals surface area contributed by atoms with E-state index in [1.165, 1.54) is 18.4 Å². The average molecular weight is 560 g/mol. The first-order valence-corrected chi connectivity index (χ1v) is 17.0. The van der Waals surface area contributed by atoms with Gasteiger partial charge in [0.15, 0.2) is 0 Å². The van der Waals surface area contributed by atoms with Crippen LogP contribution in [0.15, 0.2) is 42.0 Å². The second-order valence-corrected chi connectivity index (χ2v) is 16.8. The van der Waals surface area contributed by atoms with Crippen molar-refractivity contribution in [1.29, 1.82) is 0 Å². The zero-order chi connectivity index (χ0) is 29.6. The first-order chi connectivity index (χ1) is 19.2. The molecule has 1 aromatic carbocycles. The Morgan fingerprint density at radius 1 is 0.902 bits per heavy atom. The van der Waals surface area contributed by atoms with Gasteiger partial charge in [-0.1, -0.05) is 90.4 Å². The van der Waals surface area contributed by atoms with Crippen molar-refractivity contribution in [2.24, 2.45) is 56.7 Å². The fraction of sp³-hybridized carbons (Fsp3) is 0.763. The van der Waals surface area contributed by atoms with E-state index in [0.717, 1.165) is 44.9 Å². The molecule has 0 spiro atoms. The van der Waals surface area contributed by atoms with E-state index in [0.29, 0.717) is 35.5 Å². The van der Waals surface area contributed by atoms with E-state index in [4.69, 9.17) is 0 Å². The molecule has 0 aromatic heterocycles. The Balaban J connectivity index is 1.38. The Bertz CT molecular complexity index is 1200. The van der Waals surface area contributed by atoms with E-state index >= 15 is 0 Å². The van der Waals surface area contributed by atoms with Crippen LogP contribution in [-0.2, 0) is 4.79 Å². The summed E-state index contributed by atoms with van der Waals surface area (Å²) in [6.45, 7) is 19.6. The zero-order valence-electron chi connectivity index (χ0n) is 27.2. The number of rotatable bonds is 3. The predicted molar refractivity (Wildman–Crippen MR) is 168 cm³/mol. The third-order valence-corrected chi connectivity index (χ3v) is 15.1. The number of hydrogen-bond donors (Lipinski definition) is 2. The summed E-state index contributed by atoms with van der Waals surface area (Å²) in [7, 11) is 0. The molecule has 0 radical (unpaired) electrons. The third-order valence-electron chi connectivity index (χ3n) is 15.1. The van der Waals surface area contributed by atoms with Gasteiger partial charge in [-0.3, -0.25) is 4.79 Å². The lowest BCUT2D eigenvalue weighted by Gasteiger charge is -2.71. The van der Waals surface area contributed by atoms with Gasteiger partial charge in [0, 0.05) is 0 Å². The topological polar surface area (TPSA) is 49.3 Å². The number of aliphatic hydroxyl groups excluding tert-OH is 1. The number of amides is 1. The van der Waals surface area contributed by atoms with Crippen molar-refractivity contribution in [1.82, 2.24) is 5.32 Å². The van der Waals surface area contributed by atoms with Crippen LogP contribution in [0.1, 0.15) is 125 Å². The second kappa shape index (κ2) is 9.70. The summed E-state index contributed by atoms with van der Waals surface area (Å²) in [6, 6.07) is 10.5. The smallest absolute Gasteiger partial charge is 0.227 e. The quantitative estimate of drug-likeness (QED) is 0.363. The van der Waals surface area contributed by atoms with E-state index in [1.54, 1.807) is 5.57 Å². The normalized spacial score (nSPS) is 47.5. The van der Waals surface area contributed by atoms with Gasteiger partial charge < -0.3 is 10.4 Å². The molecule has 4 fully saturated rings. The molecule has 3 nitrogen and oxygen atoms in total. The zero-order valence-corrected chi connectivity index (χ0v) is 27.2. The van der Waals surface area contributed by atoms with Crippen LogP contribution in [0.25, 0.3) is 0 Å². The molecule has 11 atom stereocenters. The van der Waals surface area contributed by atoms with E-state index in [9.17, 15) is 9.90 Å².